The molecule has 0 saturated carbocycles. The van der Waals surface area contributed by atoms with Crippen molar-refractivity contribution in [1.82, 2.24) is 15.6 Å². The number of carbonyl (C=O) groups excluding carboxylic acids is 1. The number of allylic oxidation sites excluding steroid dienone is 1. The van der Waals surface area contributed by atoms with Gasteiger partial charge in [-0.05, 0) is 35.9 Å². The molecule has 3 rings (SSSR count). The van der Waals surface area contributed by atoms with Gasteiger partial charge in [0, 0.05) is 23.1 Å². The van der Waals surface area contributed by atoms with Crippen LogP contribution in [0.4, 0.5) is 5.69 Å². The first-order valence-corrected chi connectivity index (χ1v) is 12.2. The van der Waals surface area contributed by atoms with Gasteiger partial charge in [-0.1, -0.05) is 70.7 Å². The third-order valence-electron chi connectivity index (χ3n) is 3.75. The number of carbonyl (C=O) groups is 1. The monoisotopic (exact) mass is 505 g/mol. The lowest BCUT2D eigenvalue weighted by atomic mass is 10.2. The van der Waals surface area contributed by atoms with E-state index < -0.39 is 4.92 Å². The number of aromatic nitrogens is 2. The summed E-state index contributed by atoms with van der Waals surface area (Å²) in [6.45, 7) is 0. The van der Waals surface area contributed by atoms with E-state index in [0.717, 1.165) is 15.7 Å². The predicted molar refractivity (Wildman–Crippen MR) is 130 cm³/mol. The molecule has 0 spiro atoms. The van der Waals surface area contributed by atoms with Crippen molar-refractivity contribution in [1.29, 1.82) is 0 Å². The van der Waals surface area contributed by atoms with E-state index in [1.807, 2.05) is 24.3 Å². The number of halogens is 1. The number of hydrogen-bond acceptors (Lipinski definition) is 9. The first-order chi connectivity index (χ1) is 15.5. The molecule has 164 valence electrons. The second-order valence-corrected chi connectivity index (χ2v) is 9.88. The fraction of sp³-hybridized carbons (Fsp3) is 0.100. The molecular formula is C20H16ClN5O3S3. The van der Waals surface area contributed by atoms with Crippen molar-refractivity contribution in [3.63, 3.8) is 0 Å². The summed E-state index contributed by atoms with van der Waals surface area (Å²) >= 11 is 10.2. The molecule has 12 heteroatoms. The second-order valence-electron chi connectivity index (χ2n) is 6.03. The number of amides is 1. The summed E-state index contributed by atoms with van der Waals surface area (Å²) in [7, 11) is 0. The van der Waals surface area contributed by atoms with Gasteiger partial charge < -0.3 is 0 Å². The number of nitro benzene ring substituents is 1. The molecule has 0 aliphatic carbocycles. The molecule has 8 nitrogen and oxygen atoms in total. The van der Waals surface area contributed by atoms with Crippen LogP contribution < -0.4 is 5.43 Å². The minimum atomic E-state index is -0.453. The smallest absolute Gasteiger partial charge is 0.272 e. The van der Waals surface area contributed by atoms with E-state index in [9.17, 15) is 14.9 Å². The van der Waals surface area contributed by atoms with Gasteiger partial charge in [-0.2, -0.15) is 5.10 Å². The first-order valence-electron chi connectivity index (χ1n) is 9.07. The highest BCUT2D eigenvalue weighted by molar-refractivity contribution is 8.03. The summed E-state index contributed by atoms with van der Waals surface area (Å²) in [5.41, 5.74) is 3.99. The van der Waals surface area contributed by atoms with E-state index in [2.05, 4.69) is 20.7 Å². The fourth-order valence-corrected chi connectivity index (χ4v) is 5.19. The first kappa shape index (κ1) is 23.9. The molecule has 0 aliphatic rings. The Kier molecular flexibility index (Phi) is 9.23. The van der Waals surface area contributed by atoms with Crippen LogP contribution in [0.15, 0.2) is 68.4 Å². The molecule has 3 aromatic rings. The lowest BCUT2D eigenvalue weighted by molar-refractivity contribution is -0.385. The highest BCUT2D eigenvalue weighted by Crippen LogP contribution is 2.30. The van der Waals surface area contributed by atoms with Gasteiger partial charge in [0.25, 0.3) is 11.6 Å². The molecule has 0 radical (unpaired) electrons. The van der Waals surface area contributed by atoms with Gasteiger partial charge >= 0.3 is 0 Å². The fourth-order valence-electron chi connectivity index (χ4n) is 2.29. The number of rotatable bonds is 10. The Labute approximate surface area is 201 Å². The molecular weight excluding hydrogens is 490 g/mol. The zero-order valence-corrected chi connectivity index (χ0v) is 19.6. The molecule has 2 aromatic carbocycles. The van der Waals surface area contributed by atoms with E-state index in [-0.39, 0.29) is 17.3 Å². The van der Waals surface area contributed by atoms with Crippen LogP contribution in [0.2, 0.25) is 5.02 Å². The summed E-state index contributed by atoms with van der Waals surface area (Å²) in [4.78, 5) is 22.4. The quantitative estimate of drug-likeness (QED) is 0.172. The van der Waals surface area contributed by atoms with Gasteiger partial charge in [0.15, 0.2) is 8.68 Å². The van der Waals surface area contributed by atoms with E-state index in [4.69, 9.17) is 11.6 Å². The van der Waals surface area contributed by atoms with Crippen molar-refractivity contribution >= 4 is 70.3 Å². The summed E-state index contributed by atoms with van der Waals surface area (Å²) in [6.07, 6.45) is 4.42. The zero-order chi connectivity index (χ0) is 22.8. The number of nitrogens with zero attached hydrogens (tertiary/aromatic N) is 4. The van der Waals surface area contributed by atoms with Crippen LogP contribution in [0.3, 0.4) is 0 Å². The van der Waals surface area contributed by atoms with Crippen molar-refractivity contribution in [3.8, 4) is 0 Å². The maximum atomic E-state index is 11.9. The highest BCUT2D eigenvalue weighted by atomic mass is 35.5. The number of nitrogens with one attached hydrogen (secondary N) is 1. The van der Waals surface area contributed by atoms with Gasteiger partial charge in [0.1, 0.15) is 0 Å². The number of benzene rings is 2. The van der Waals surface area contributed by atoms with E-state index in [1.165, 1.54) is 41.5 Å². The summed E-state index contributed by atoms with van der Waals surface area (Å²) in [5.74, 6) is 0.600. The largest absolute Gasteiger partial charge is 0.276 e. The van der Waals surface area contributed by atoms with Crippen molar-refractivity contribution in [2.24, 2.45) is 5.10 Å². The molecule has 1 aromatic heterocycles. The Hall–Kier alpha value is -2.73. The number of thioether (sulfide) groups is 2. The Morgan fingerprint density at radius 2 is 1.88 bits per heavy atom. The number of hydrogen-bond donors (Lipinski definition) is 1. The SMILES string of the molecule is O=C(CSc1nnc(SCc2ccc(Cl)cc2)s1)N/N=C/C=C\c1ccccc1[N+](=O)[O-]. The predicted octanol–water partition coefficient (Wildman–Crippen LogP) is 5.30. The topological polar surface area (TPSA) is 110 Å². The van der Waals surface area contributed by atoms with E-state index in [0.29, 0.717) is 14.9 Å². The Morgan fingerprint density at radius 3 is 2.62 bits per heavy atom. The van der Waals surface area contributed by atoms with Crippen molar-refractivity contribution in [2.75, 3.05) is 5.75 Å². The average molecular weight is 506 g/mol. The van der Waals surface area contributed by atoms with Crippen molar-refractivity contribution < 1.29 is 9.72 Å². The summed E-state index contributed by atoms with van der Waals surface area (Å²) < 4.78 is 1.51. The minimum absolute atomic E-state index is 0.000316. The molecule has 1 heterocycles. The molecule has 32 heavy (non-hydrogen) atoms. The highest BCUT2D eigenvalue weighted by Gasteiger charge is 2.10. The molecule has 0 fully saturated rings. The van der Waals surface area contributed by atoms with Crippen LogP contribution in [0, 0.1) is 10.1 Å². The van der Waals surface area contributed by atoms with Crippen LogP contribution in [0.1, 0.15) is 11.1 Å². The molecule has 0 aliphatic heterocycles. The molecule has 1 N–H and O–H groups in total. The second kappa shape index (κ2) is 12.3. The minimum Gasteiger partial charge on any atom is -0.272 e. The standard InChI is InChI=1S/C20H16ClN5O3S3/c21-16-9-7-14(8-10-16)12-30-19-24-25-20(32-19)31-13-18(27)23-22-11-3-5-15-4-1-2-6-17(15)26(28)29/h1-11H,12-13H2,(H,23,27)/b5-3-,22-11+. The van der Waals surface area contributed by atoms with Gasteiger partial charge in [0.05, 0.1) is 16.2 Å². The third-order valence-corrected chi connectivity index (χ3v) is 7.26. The summed E-state index contributed by atoms with van der Waals surface area (Å²) in [6, 6.07) is 14.0. The molecule has 0 unspecified atom stereocenters. The average Bonchev–Trinajstić information content (AvgIpc) is 3.25. The number of para-hydroxylation sites is 1. The van der Waals surface area contributed by atoms with Gasteiger partial charge in [0.2, 0.25) is 0 Å². The summed E-state index contributed by atoms with van der Waals surface area (Å²) in [5, 5.41) is 23.7. The third kappa shape index (κ3) is 7.75. The molecule has 0 atom stereocenters. The zero-order valence-electron chi connectivity index (χ0n) is 16.4. The maximum Gasteiger partial charge on any atom is 0.276 e. The number of hydrazone groups is 1. The van der Waals surface area contributed by atoms with Crippen LogP contribution in [0.5, 0.6) is 0 Å². The van der Waals surface area contributed by atoms with Gasteiger partial charge in [-0.15, -0.1) is 10.2 Å². The Bertz CT molecular complexity index is 1140. The lowest BCUT2D eigenvalue weighted by Gasteiger charge is -1.98. The molecule has 0 bridgehead atoms. The van der Waals surface area contributed by atoms with E-state index in [1.54, 1.807) is 36.0 Å². The van der Waals surface area contributed by atoms with Crippen molar-refractivity contribution in [2.45, 2.75) is 14.4 Å². The molecule has 1 amide bonds. The lowest BCUT2D eigenvalue weighted by Crippen LogP contribution is -2.19. The maximum absolute atomic E-state index is 11.9. The van der Waals surface area contributed by atoms with Crippen LogP contribution in [0.25, 0.3) is 6.08 Å². The normalized spacial score (nSPS) is 11.3. The van der Waals surface area contributed by atoms with E-state index >= 15 is 0 Å². The van der Waals surface area contributed by atoms with Crippen LogP contribution in [-0.2, 0) is 10.5 Å². The van der Waals surface area contributed by atoms with Crippen molar-refractivity contribution in [3.05, 3.63) is 80.9 Å². The number of nitro groups is 1. The molecule has 0 saturated heterocycles. The van der Waals surface area contributed by atoms with Crippen LogP contribution >= 0.6 is 46.5 Å². The van der Waals surface area contributed by atoms with Crippen LogP contribution in [-0.4, -0.2) is 33.0 Å². The Morgan fingerprint density at radius 1 is 1.16 bits per heavy atom. The van der Waals surface area contributed by atoms with Gasteiger partial charge in [-0.25, -0.2) is 5.43 Å². The Balaban J connectivity index is 1.39. The van der Waals surface area contributed by atoms with Gasteiger partial charge in [-0.3, -0.25) is 14.9 Å².